The van der Waals surface area contributed by atoms with Crippen LogP contribution in [-0.2, 0) is 9.59 Å². The molecule has 1 saturated heterocycles. The molecule has 0 aromatic heterocycles. The van der Waals surface area contributed by atoms with Gasteiger partial charge in [0.25, 0.3) is 0 Å². The molecule has 164 valence electrons. The van der Waals surface area contributed by atoms with Gasteiger partial charge in [-0.25, -0.2) is 0 Å². The van der Waals surface area contributed by atoms with Crippen LogP contribution in [0.15, 0.2) is 78.9 Å². The number of rotatable bonds is 6. The van der Waals surface area contributed by atoms with E-state index >= 15 is 0 Å². The number of hydrogen-bond acceptors (Lipinski definition) is 3. The minimum absolute atomic E-state index is 0.0998. The molecule has 0 aliphatic carbocycles. The van der Waals surface area contributed by atoms with E-state index in [9.17, 15) is 9.59 Å². The smallest absolute Gasteiger partial charge is 0.246 e. The van der Waals surface area contributed by atoms with Crippen molar-refractivity contribution in [2.24, 2.45) is 0 Å². The molecule has 0 saturated carbocycles. The van der Waals surface area contributed by atoms with Gasteiger partial charge in [0.2, 0.25) is 11.8 Å². The van der Waals surface area contributed by atoms with Crippen LogP contribution in [0.1, 0.15) is 47.2 Å². The molecular weight excluding hydrogens is 440 g/mol. The standard InChI is InChI=1S/C26H25ClN2O2S/c1-17(2)21-10-6-7-11-22(21)29-23(30)16-32-26(29)19-12-14-20(15-13-19)28-25(31)24(27)18-8-4-3-5-9-18/h3-15,17,24,26H,16H2,1-2H3,(H,28,31)/t24-,26-/m1/s1. The number of halogens is 1. The van der Waals surface area contributed by atoms with E-state index < -0.39 is 5.38 Å². The van der Waals surface area contributed by atoms with Crippen molar-refractivity contribution in [3.8, 4) is 0 Å². The van der Waals surface area contributed by atoms with E-state index in [0.717, 1.165) is 22.4 Å². The van der Waals surface area contributed by atoms with Gasteiger partial charge in [-0.1, -0.05) is 74.5 Å². The molecule has 3 aromatic carbocycles. The van der Waals surface area contributed by atoms with Crippen molar-refractivity contribution in [2.45, 2.75) is 30.5 Å². The highest BCUT2D eigenvalue weighted by molar-refractivity contribution is 8.00. The third kappa shape index (κ3) is 4.69. The Labute approximate surface area is 198 Å². The molecule has 0 bridgehead atoms. The van der Waals surface area contributed by atoms with Crippen molar-refractivity contribution in [1.29, 1.82) is 0 Å². The third-order valence-corrected chi connectivity index (χ3v) is 7.13. The lowest BCUT2D eigenvalue weighted by molar-refractivity contribution is -0.116. The maximum Gasteiger partial charge on any atom is 0.246 e. The summed E-state index contributed by atoms with van der Waals surface area (Å²) in [6, 6.07) is 25.0. The maximum absolute atomic E-state index is 12.8. The minimum Gasteiger partial charge on any atom is -0.325 e. The topological polar surface area (TPSA) is 49.4 Å². The Bertz CT molecular complexity index is 1100. The average molecular weight is 465 g/mol. The van der Waals surface area contributed by atoms with Gasteiger partial charge < -0.3 is 5.32 Å². The summed E-state index contributed by atoms with van der Waals surface area (Å²) in [5.41, 5.74) is 4.56. The van der Waals surface area contributed by atoms with Gasteiger partial charge in [0.1, 0.15) is 10.8 Å². The van der Waals surface area contributed by atoms with Crippen molar-refractivity contribution in [3.63, 3.8) is 0 Å². The summed E-state index contributed by atoms with van der Waals surface area (Å²) in [6.45, 7) is 4.27. The SMILES string of the molecule is CC(C)c1ccccc1N1C(=O)CS[C@@H]1c1ccc(NC(=O)[C@H](Cl)c2ccccc2)cc1. The Morgan fingerprint density at radius 3 is 2.34 bits per heavy atom. The summed E-state index contributed by atoms with van der Waals surface area (Å²) in [6.07, 6.45) is 0. The van der Waals surface area contributed by atoms with Crippen LogP contribution in [0.2, 0.25) is 0 Å². The number of alkyl halides is 1. The summed E-state index contributed by atoms with van der Waals surface area (Å²) in [5, 5.41) is 2.01. The van der Waals surface area contributed by atoms with Crippen LogP contribution in [0.5, 0.6) is 0 Å². The number of benzene rings is 3. The molecule has 1 N–H and O–H groups in total. The highest BCUT2D eigenvalue weighted by Crippen LogP contribution is 2.44. The van der Waals surface area contributed by atoms with E-state index in [1.807, 2.05) is 77.7 Å². The summed E-state index contributed by atoms with van der Waals surface area (Å²) < 4.78 is 0. The lowest BCUT2D eigenvalue weighted by Gasteiger charge is -2.27. The molecular formula is C26H25ClN2O2S. The van der Waals surface area contributed by atoms with Crippen LogP contribution in [0.4, 0.5) is 11.4 Å². The molecule has 1 heterocycles. The van der Waals surface area contributed by atoms with E-state index in [2.05, 4.69) is 25.2 Å². The minimum atomic E-state index is -0.762. The molecule has 3 aromatic rings. The van der Waals surface area contributed by atoms with Crippen LogP contribution >= 0.6 is 23.4 Å². The Balaban J connectivity index is 1.52. The molecule has 4 rings (SSSR count). The number of anilines is 2. The Hall–Kier alpha value is -2.76. The average Bonchev–Trinajstić information content (AvgIpc) is 3.20. The van der Waals surface area contributed by atoms with E-state index in [1.165, 1.54) is 0 Å². The summed E-state index contributed by atoms with van der Waals surface area (Å²) in [4.78, 5) is 27.2. The maximum atomic E-state index is 12.8. The first-order valence-electron chi connectivity index (χ1n) is 10.6. The van der Waals surface area contributed by atoms with E-state index in [-0.39, 0.29) is 17.2 Å². The molecule has 6 heteroatoms. The van der Waals surface area contributed by atoms with Crippen LogP contribution < -0.4 is 10.2 Å². The molecule has 1 aliphatic rings. The molecule has 0 unspecified atom stereocenters. The van der Waals surface area contributed by atoms with Crippen LogP contribution in [-0.4, -0.2) is 17.6 Å². The monoisotopic (exact) mass is 464 g/mol. The Morgan fingerprint density at radius 1 is 1.00 bits per heavy atom. The van der Waals surface area contributed by atoms with Gasteiger partial charge in [-0.3, -0.25) is 14.5 Å². The predicted octanol–water partition coefficient (Wildman–Crippen LogP) is 6.51. The molecule has 0 radical (unpaired) electrons. The first-order chi connectivity index (χ1) is 15.5. The zero-order chi connectivity index (χ0) is 22.7. The first kappa shape index (κ1) is 22.4. The molecule has 0 spiro atoms. The third-order valence-electron chi connectivity index (χ3n) is 5.47. The number of nitrogens with zero attached hydrogens (tertiary/aromatic N) is 1. The molecule has 2 amide bonds. The second-order valence-electron chi connectivity index (χ2n) is 8.03. The number of para-hydroxylation sites is 1. The molecule has 32 heavy (non-hydrogen) atoms. The fourth-order valence-corrected chi connectivity index (χ4v) is 5.21. The zero-order valence-electron chi connectivity index (χ0n) is 18.0. The zero-order valence-corrected chi connectivity index (χ0v) is 19.6. The van der Waals surface area contributed by atoms with Gasteiger partial charge in [-0.15, -0.1) is 23.4 Å². The van der Waals surface area contributed by atoms with Gasteiger partial charge >= 0.3 is 0 Å². The van der Waals surface area contributed by atoms with Crippen molar-refractivity contribution < 1.29 is 9.59 Å². The van der Waals surface area contributed by atoms with Gasteiger partial charge in [0, 0.05) is 11.4 Å². The quantitative estimate of drug-likeness (QED) is 0.423. The lowest BCUT2D eigenvalue weighted by atomic mass is 10.00. The second kappa shape index (κ2) is 9.80. The predicted molar refractivity (Wildman–Crippen MR) is 133 cm³/mol. The van der Waals surface area contributed by atoms with Crippen molar-refractivity contribution in [1.82, 2.24) is 0 Å². The number of hydrogen-bond donors (Lipinski definition) is 1. The molecule has 1 aliphatic heterocycles. The van der Waals surface area contributed by atoms with Crippen molar-refractivity contribution >= 4 is 46.6 Å². The highest BCUT2D eigenvalue weighted by atomic mass is 35.5. The number of nitrogens with one attached hydrogen (secondary N) is 1. The van der Waals surface area contributed by atoms with E-state index in [4.69, 9.17) is 11.6 Å². The van der Waals surface area contributed by atoms with Crippen LogP contribution in [0.3, 0.4) is 0 Å². The van der Waals surface area contributed by atoms with E-state index in [1.54, 1.807) is 11.8 Å². The van der Waals surface area contributed by atoms with Gasteiger partial charge in [-0.05, 0) is 40.8 Å². The van der Waals surface area contributed by atoms with Gasteiger partial charge in [-0.2, -0.15) is 0 Å². The van der Waals surface area contributed by atoms with Crippen LogP contribution in [0, 0.1) is 0 Å². The van der Waals surface area contributed by atoms with Crippen molar-refractivity contribution in [3.05, 3.63) is 95.6 Å². The molecule has 2 atom stereocenters. The van der Waals surface area contributed by atoms with Crippen molar-refractivity contribution in [2.75, 3.05) is 16.0 Å². The lowest BCUT2D eigenvalue weighted by Crippen LogP contribution is -2.29. The second-order valence-corrected chi connectivity index (χ2v) is 9.53. The van der Waals surface area contributed by atoms with Gasteiger partial charge in [0.15, 0.2) is 0 Å². The normalized spacial score (nSPS) is 16.9. The number of carbonyl (C=O) groups is 2. The summed E-state index contributed by atoms with van der Waals surface area (Å²) in [7, 11) is 0. The largest absolute Gasteiger partial charge is 0.325 e. The number of carbonyl (C=O) groups excluding carboxylic acids is 2. The molecule has 1 fully saturated rings. The summed E-state index contributed by atoms with van der Waals surface area (Å²) >= 11 is 7.94. The number of amides is 2. The summed E-state index contributed by atoms with van der Waals surface area (Å²) in [5.74, 6) is 0.596. The van der Waals surface area contributed by atoms with Crippen LogP contribution in [0.25, 0.3) is 0 Å². The first-order valence-corrected chi connectivity index (χ1v) is 12.1. The highest BCUT2D eigenvalue weighted by Gasteiger charge is 2.35. The Morgan fingerprint density at radius 2 is 1.66 bits per heavy atom. The van der Waals surface area contributed by atoms with E-state index in [0.29, 0.717) is 17.4 Å². The number of thioether (sulfide) groups is 1. The Kier molecular flexibility index (Phi) is 6.87. The van der Waals surface area contributed by atoms with Gasteiger partial charge in [0.05, 0.1) is 5.75 Å². The fourth-order valence-electron chi connectivity index (χ4n) is 3.84. The fraction of sp³-hybridized carbons (Fsp3) is 0.231. The molecule has 4 nitrogen and oxygen atoms in total.